The van der Waals surface area contributed by atoms with Crippen molar-refractivity contribution in [2.45, 2.75) is 12.8 Å². The van der Waals surface area contributed by atoms with Gasteiger partial charge in [0.15, 0.2) is 18.0 Å². The largest absolute Gasteiger partial charge is 0.294 e. The molecule has 28 heavy (non-hydrogen) atoms. The van der Waals surface area contributed by atoms with E-state index in [1.807, 2.05) is 42.5 Å². The van der Waals surface area contributed by atoms with Crippen molar-refractivity contribution in [1.29, 1.82) is 0 Å². The first-order valence-corrected chi connectivity index (χ1v) is 9.94. The molecule has 3 aromatic carbocycles. The molecule has 3 unspecified atom stereocenters. The topological polar surface area (TPSA) is 20.1 Å². The van der Waals surface area contributed by atoms with Gasteiger partial charge in [-0.25, -0.2) is 4.58 Å². The van der Waals surface area contributed by atoms with Gasteiger partial charge in [-0.1, -0.05) is 85.8 Å². The van der Waals surface area contributed by atoms with Gasteiger partial charge in [-0.05, 0) is 17.7 Å². The molecule has 0 aromatic heterocycles. The summed E-state index contributed by atoms with van der Waals surface area (Å²) in [6.45, 7) is 2.99. The molecule has 3 aromatic rings. The van der Waals surface area contributed by atoms with Crippen LogP contribution in [0.25, 0.3) is 0 Å². The molecule has 4 rings (SSSR count). The Morgan fingerprint density at radius 3 is 1.96 bits per heavy atom. The van der Waals surface area contributed by atoms with Crippen LogP contribution in [0.3, 0.4) is 0 Å². The van der Waals surface area contributed by atoms with Gasteiger partial charge >= 0.3 is 0 Å². The molecule has 0 N–H and O–H groups in total. The Kier molecular flexibility index (Phi) is 5.21. The van der Waals surface area contributed by atoms with E-state index in [4.69, 9.17) is 0 Å². The van der Waals surface area contributed by atoms with Gasteiger partial charge < -0.3 is 0 Å². The lowest BCUT2D eigenvalue weighted by Gasteiger charge is -2.34. The van der Waals surface area contributed by atoms with Crippen molar-refractivity contribution in [3.63, 3.8) is 0 Å². The normalized spacial score (nSPS) is 22.1. The standard InChI is InChI=1S/C26H26NO/c1-19-24(20-12-6-3-7-13-20)23(26(28)22-16-10-5-11-17-22)18-27(2)25(19)21-14-8-4-9-15-21/h3-17,19,23-24H,18H2,1-2H3/q+1. The van der Waals surface area contributed by atoms with Crippen molar-refractivity contribution >= 4 is 11.5 Å². The molecule has 0 aliphatic carbocycles. The third-order valence-electron chi connectivity index (χ3n) is 5.93. The van der Waals surface area contributed by atoms with Crippen LogP contribution in [-0.2, 0) is 0 Å². The van der Waals surface area contributed by atoms with E-state index in [0.717, 1.165) is 12.1 Å². The van der Waals surface area contributed by atoms with Crippen molar-refractivity contribution in [2.75, 3.05) is 13.6 Å². The molecule has 0 bridgehead atoms. The maximum absolute atomic E-state index is 13.5. The van der Waals surface area contributed by atoms with Crippen LogP contribution in [0.2, 0.25) is 0 Å². The average molecular weight is 368 g/mol. The molecule has 140 valence electrons. The smallest absolute Gasteiger partial charge is 0.186 e. The maximum Gasteiger partial charge on any atom is 0.186 e. The lowest BCUT2D eigenvalue weighted by atomic mass is 9.69. The predicted octanol–water partition coefficient (Wildman–Crippen LogP) is 5.05. The number of benzene rings is 3. The van der Waals surface area contributed by atoms with Gasteiger partial charge in [0.25, 0.3) is 0 Å². The van der Waals surface area contributed by atoms with E-state index in [2.05, 4.69) is 67.1 Å². The second-order valence-corrected chi connectivity index (χ2v) is 7.69. The van der Waals surface area contributed by atoms with Gasteiger partial charge in [-0.2, -0.15) is 0 Å². The molecule has 0 saturated heterocycles. The number of nitrogens with zero attached hydrogens (tertiary/aromatic N) is 1. The summed E-state index contributed by atoms with van der Waals surface area (Å²) in [7, 11) is 2.12. The minimum Gasteiger partial charge on any atom is -0.294 e. The van der Waals surface area contributed by atoms with E-state index in [1.165, 1.54) is 16.8 Å². The van der Waals surface area contributed by atoms with Crippen molar-refractivity contribution < 1.29 is 9.37 Å². The molecule has 1 heterocycles. The molecule has 0 radical (unpaired) electrons. The molecule has 0 amide bonds. The second kappa shape index (κ2) is 7.93. The van der Waals surface area contributed by atoms with Gasteiger partial charge in [0.05, 0.1) is 5.92 Å². The summed E-state index contributed by atoms with van der Waals surface area (Å²) in [4.78, 5) is 13.5. The summed E-state index contributed by atoms with van der Waals surface area (Å²) in [6.07, 6.45) is 0. The average Bonchev–Trinajstić information content (AvgIpc) is 2.75. The van der Waals surface area contributed by atoms with Crippen LogP contribution in [0.4, 0.5) is 0 Å². The Bertz CT molecular complexity index is 977. The van der Waals surface area contributed by atoms with Crippen LogP contribution in [-0.4, -0.2) is 29.7 Å². The van der Waals surface area contributed by atoms with E-state index >= 15 is 0 Å². The Morgan fingerprint density at radius 2 is 1.36 bits per heavy atom. The summed E-state index contributed by atoms with van der Waals surface area (Å²) < 4.78 is 2.28. The first kappa shape index (κ1) is 18.4. The van der Waals surface area contributed by atoms with Crippen LogP contribution < -0.4 is 0 Å². The Hall–Kier alpha value is -3.00. The summed E-state index contributed by atoms with van der Waals surface area (Å²) in [5.41, 5.74) is 4.60. The van der Waals surface area contributed by atoms with Crippen LogP contribution >= 0.6 is 0 Å². The van der Waals surface area contributed by atoms with Crippen molar-refractivity contribution in [2.24, 2.45) is 11.8 Å². The molecule has 0 spiro atoms. The summed E-state index contributed by atoms with van der Waals surface area (Å²) in [6, 6.07) is 30.8. The summed E-state index contributed by atoms with van der Waals surface area (Å²) in [5, 5.41) is 0. The first-order chi connectivity index (χ1) is 13.7. The van der Waals surface area contributed by atoms with Crippen molar-refractivity contribution in [3.8, 4) is 0 Å². The summed E-state index contributed by atoms with van der Waals surface area (Å²) >= 11 is 0. The molecular formula is C26H26NO+. The van der Waals surface area contributed by atoms with Crippen LogP contribution in [0.1, 0.15) is 34.3 Å². The Labute approximate surface area is 167 Å². The van der Waals surface area contributed by atoms with Gasteiger partial charge in [0.1, 0.15) is 7.05 Å². The number of hydrogen-bond donors (Lipinski definition) is 0. The van der Waals surface area contributed by atoms with Gasteiger partial charge in [-0.15, -0.1) is 0 Å². The van der Waals surface area contributed by atoms with Gasteiger partial charge in [0.2, 0.25) is 0 Å². The molecule has 1 aliphatic rings. The van der Waals surface area contributed by atoms with Crippen molar-refractivity contribution in [1.82, 2.24) is 0 Å². The molecule has 2 heteroatoms. The number of Topliss-reactive ketones (excluding diaryl/α,β-unsaturated/α-hetero) is 1. The van der Waals surface area contributed by atoms with Gasteiger partial charge in [0, 0.05) is 23.0 Å². The highest BCUT2D eigenvalue weighted by molar-refractivity contribution is 6.03. The molecule has 1 aliphatic heterocycles. The molecule has 3 atom stereocenters. The van der Waals surface area contributed by atoms with E-state index in [0.29, 0.717) is 0 Å². The lowest BCUT2D eigenvalue weighted by molar-refractivity contribution is -0.510. The first-order valence-electron chi connectivity index (χ1n) is 9.94. The molecular weight excluding hydrogens is 342 g/mol. The second-order valence-electron chi connectivity index (χ2n) is 7.69. The lowest BCUT2D eigenvalue weighted by Crippen LogP contribution is -2.44. The fourth-order valence-electron chi connectivity index (χ4n) is 4.72. The van der Waals surface area contributed by atoms with E-state index in [-0.39, 0.29) is 23.5 Å². The van der Waals surface area contributed by atoms with Crippen molar-refractivity contribution in [3.05, 3.63) is 108 Å². The molecule has 0 saturated carbocycles. The number of ketones is 1. The minimum atomic E-state index is -0.0720. The van der Waals surface area contributed by atoms with E-state index in [1.54, 1.807) is 0 Å². The fourth-order valence-corrected chi connectivity index (χ4v) is 4.72. The monoisotopic (exact) mass is 368 g/mol. The third-order valence-corrected chi connectivity index (χ3v) is 5.93. The number of carbonyl (C=O) groups is 1. The third kappa shape index (κ3) is 3.43. The number of rotatable bonds is 4. The molecule has 2 nitrogen and oxygen atoms in total. The predicted molar refractivity (Wildman–Crippen MR) is 114 cm³/mol. The van der Waals surface area contributed by atoms with Gasteiger partial charge in [-0.3, -0.25) is 4.79 Å². The SMILES string of the molecule is CC1C(c2ccccc2)=[N+](C)CC(C(=O)c2ccccc2)C1c1ccccc1. The zero-order valence-electron chi connectivity index (χ0n) is 16.5. The van der Waals surface area contributed by atoms with Crippen LogP contribution in [0.5, 0.6) is 0 Å². The highest BCUT2D eigenvalue weighted by atomic mass is 16.1. The zero-order chi connectivity index (χ0) is 19.5. The molecule has 0 fully saturated rings. The number of hydrogen-bond acceptors (Lipinski definition) is 1. The number of carbonyl (C=O) groups excluding carboxylic acids is 1. The van der Waals surface area contributed by atoms with Crippen LogP contribution in [0.15, 0.2) is 91.0 Å². The quantitative estimate of drug-likeness (QED) is 0.466. The summed E-state index contributed by atoms with van der Waals surface area (Å²) in [5.74, 6) is 0.555. The highest BCUT2D eigenvalue weighted by Crippen LogP contribution is 2.39. The maximum atomic E-state index is 13.5. The highest BCUT2D eigenvalue weighted by Gasteiger charge is 2.44. The fraction of sp³-hybridized carbons (Fsp3) is 0.231. The van der Waals surface area contributed by atoms with E-state index in [9.17, 15) is 4.79 Å². The van der Waals surface area contributed by atoms with Crippen LogP contribution in [0, 0.1) is 11.8 Å². The Balaban J connectivity index is 1.81. The van der Waals surface area contributed by atoms with E-state index < -0.39 is 0 Å². The Morgan fingerprint density at radius 1 is 0.821 bits per heavy atom. The zero-order valence-corrected chi connectivity index (χ0v) is 16.5. The minimum absolute atomic E-state index is 0.0720.